The Balaban J connectivity index is 1.95. The van der Waals surface area contributed by atoms with Gasteiger partial charge >= 0.3 is 0 Å². The number of nitrogens with one attached hydrogen (secondary N) is 1. The van der Waals surface area contributed by atoms with Crippen LogP contribution in [0, 0.1) is 26.7 Å². The normalized spacial score (nSPS) is 11.4. The molecule has 28 heavy (non-hydrogen) atoms. The van der Waals surface area contributed by atoms with Crippen molar-refractivity contribution in [2.75, 3.05) is 0 Å². The van der Waals surface area contributed by atoms with E-state index in [1.165, 1.54) is 22.3 Å². The molecule has 0 saturated carbocycles. The maximum Gasteiger partial charge on any atom is 0.223 e. The summed E-state index contributed by atoms with van der Waals surface area (Å²) in [5, 5.41) is 3.10. The van der Waals surface area contributed by atoms with E-state index < -0.39 is 0 Å². The molecule has 1 heterocycles. The molecular formula is C24H31N3O. The Kier molecular flexibility index (Phi) is 6.18. The molecule has 0 aliphatic carbocycles. The monoisotopic (exact) mass is 377 g/mol. The summed E-state index contributed by atoms with van der Waals surface area (Å²) in [6, 6.07) is 12.7. The van der Waals surface area contributed by atoms with Crippen molar-refractivity contribution in [3.05, 3.63) is 64.5 Å². The lowest BCUT2D eigenvalue weighted by atomic mass is 9.99. The molecule has 4 heteroatoms. The van der Waals surface area contributed by atoms with E-state index >= 15 is 0 Å². The second-order valence-electron chi connectivity index (χ2n) is 7.71. The highest BCUT2D eigenvalue weighted by Gasteiger charge is 2.17. The summed E-state index contributed by atoms with van der Waals surface area (Å²) in [5.41, 5.74) is 7.27. The zero-order valence-corrected chi connectivity index (χ0v) is 17.7. The molecular weight excluding hydrogens is 346 g/mol. The van der Waals surface area contributed by atoms with Gasteiger partial charge < -0.3 is 9.88 Å². The van der Waals surface area contributed by atoms with Crippen LogP contribution in [0.25, 0.3) is 11.0 Å². The maximum atomic E-state index is 12.5. The Morgan fingerprint density at radius 1 is 1.07 bits per heavy atom. The van der Waals surface area contributed by atoms with Crippen LogP contribution in [-0.4, -0.2) is 15.5 Å². The fourth-order valence-corrected chi connectivity index (χ4v) is 4.02. The number of nitrogens with zero attached hydrogens (tertiary/aromatic N) is 2. The topological polar surface area (TPSA) is 46.9 Å². The quantitative estimate of drug-likeness (QED) is 0.625. The van der Waals surface area contributed by atoms with Gasteiger partial charge in [0.05, 0.1) is 17.6 Å². The summed E-state index contributed by atoms with van der Waals surface area (Å²) in [7, 11) is 0. The van der Waals surface area contributed by atoms with Crippen LogP contribution >= 0.6 is 0 Å². The smallest absolute Gasteiger partial charge is 0.223 e. The molecule has 0 atom stereocenters. The number of hydrogen-bond donors (Lipinski definition) is 1. The van der Waals surface area contributed by atoms with Crippen LogP contribution in [0.4, 0.5) is 0 Å². The van der Waals surface area contributed by atoms with Gasteiger partial charge in [-0.1, -0.05) is 43.7 Å². The Morgan fingerprint density at radius 3 is 2.36 bits per heavy atom. The first-order chi connectivity index (χ1) is 13.4. The maximum absolute atomic E-state index is 12.5. The van der Waals surface area contributed by atoms with Crippen molar-refractivity contribution in [1.82, 2.24) is 14.9 Å². The van der Waals surface area contributed by atoms with E-state index in [0.717, 1.165) is 36.2 Å². The van der Waals surface area contributed by atoms with E-state index in [1.807, 2.05) is 18.2 Å². The minimum atomic E-state index is 0.0689. The average Bonchev–Trinajstić information content (AvgIpc) is 3.01. The Bertz CT molecular complexity index is 960. The van der Waals surface area contributed by atoms with E-state index in [0.29, 0.717) is 6.54 Å². The van der Waals surface area contributed by atoms with Crippen molar-refractivity contribution >= 4 is 16.9 Å². The summed E-state index contributed by atoms with van der Waals surface area (Å²) in [4.78, 5) is 17.3. The van der Waals surface area contributed by atoms with Gasteiger partial charge in [0.2, 0.25) is 5.91 Å². The van der Waals surface area contributed by atoms with Gasteiger partial charge in [0, 0.05) is 12.5 Å². The number of para-hydroxylation sites is 2. The number of carbonyl (C=O) groups excluding carboxylic acids is 1. The first kappa shape index (κ1) is 20.1. The van der Waals surface area contributed by atoms with Crippen molar-refractivity contribution in [1.29, 1.82) is 0 Å². The van der Waals surface area contributed by atoms with E-state index in [9.17, 15) is 4.79 Å². The molecule has 3 aromatic rings. The third kappa shape index (κ3) is 4.11. The van der Waals surface area contributed by atoms with Crippen molar-refractivity contribution < 1.29 is 4.79 Å². The first-order valence-electron chi connectivity index (χ1n) is 10.2. The molecule has 0 aliphatic heterocycles. The van der Waals surface area contributed by atoms with Gasteiger partial charge in [-0.2, -0.15) is 0 Å². The number of imidazole rings is 1. The Morgan fingerprint density at radius 2 is 1.71 bits per heavy atom. The molecule has 1 aromatic heterocycles. The Labute approximate surface area is 168 Å². The number of amides is 1. The number of aromatic nitrogens is 2. The van der Waals surface area contributed by atoms with Crippen LogP contribution in [-0.2, 0) is 17.9 Å². The highest BCUT2D eigenvalue weighted by atomic mass is 16.1. The summed E-state index contributed by atoms with van der Waals surface area (Å²) in [6.45, 7) is 11.8. The summed E-state index contributed by atoms with van der Waals surface area (Å²) in [5.74, 6) is 1.09. The lowest BCUT2D eigenvalue weighted by molar-refractivity contribution is -0.125. The van der Waals surface area contributed by atoms with Gasteiger partial charge in [0.25, 0.3) is 0 Å². The van der Waals surface area contributed by atoms with Crippen molar-refractivity contribution in [2.45, 2.75) is 60.5 Å². The second kappa shape index (κ2) is 8.59. The van der Waals surface area contributed by atoms with Crippen molar-refractivity contribution in [2.24, 2.45) is 5.92 Å². The summed E-state index contributed by atoms with van der Waals surface area (Å²) in [6.07, 6.45) is 1.72. The van der Waals surface area contributed by atoms with Crippen molar-refractivity contribution in [3.63, 3.8) is 0 Å². The third-order valence-electron chi connectivity index (χ3n) is 5.67. The van der Waals surface area contributed by atoms with Gasteiger partial charge in [-0.25, -0.2) is 4.98 Å². The van der Waals surface area contributed by atoms with Gasteiger partial charge in [-0.05, 0) is 62.4 Å². The van der Waals surface area contributed by atoms with Crippen LogP contribution < -0.4 is 5.32 Å². The standard InChI is InChI=1S/C24H31N3O/c1-6-19(7-2)24(28)25-14-23-26-21-10-8-9-11-22(21)27(23)15-20-17(4)12-16(3)13-18(20)5/h8-13,19H,6-7,14-15H2,1-5H3,(H,25,28). The van der Waals surface area contributed by atoms with Gasteiger partial charge in [0.15, 0.2) is 0 Å². The van der Waals surface area contributed by atoms with E-state index in [4.69, 9.17) is 4.98 Å². The number of benzene rings is 2. The SMILES string of the molecule is CCC(CC)C(=O)NCc1nc2ccccc2n1Cc1c(C)cc(C)cc1C. The molecule has 0 radical (unpaired) electrons. The van der Waals surface area contributed by atoms with Gasteiger partial charge in [-0.3, -0.25) is 4.79 Å². The molecule has 148 valence electrons. The predicted octanol–water partition coefficient (Wildman–Crippen LogP) is 5.06. The fraction of sp³-hybridized carbons (Fsp3) is 0.417. The fourth-order valence-electron chi connectivity index (χ4n) is 4.02. The van der Waals surface area contributed by atoms with E-state index in [2.05, 4.69) is 62.7 Å². The third-order valence-corrected chi connectivity index (χ3v) is 5.67. The van der Waals surface area contributed by atoms with E-state index in [-0.39, 0.29) is 11.8 Å². The number of hydrogen-bond acceptors (Lipinski definition) is 2. The van der Waals surface area contributed by atoms with Crippen LogP contribution in [0.15, 0.2) is 36.4 Å². The lowest BCUT2D eigenvalue weighted by Gasteiger charge is -2.16. The van der Waals surface area contributed by atoms with Crippen LogP contribution in [0.2, 0.25) is 0 Å². The Hall–Kier alpha value is -2.62. The summed E-state index contributed by atoms with van der Waals surface area (Å²) >= 11 is 0. The molecule has 1 amide bonds. The van der Waals surface area contributed by atoms with Gasteiger partial charge in [-0.15, -0.1) is 0 Å². The second-order valence-corrected chi connectivity index (χ2v) is 7.71. The number of rotatable bonds is 7. The zero-order chi connectivity index (χ0) is 20.3. The molecule has 2 aromatic carbocycles. The molecule has 0 fully saturated rings. The first-order valence-corrected chi connectivity index (χ1v) is 10.2. The molecule has 0 saturated heterocycles. The van der Waals surface area contributed by atoms with Crippen LogP contribution in [0.1, 0.15) is 54.8 Å². The number of fused-ring (bicyclic) bond motifs is 1. The molecule has 0 bridgehead atoms. The molecule has 0 unspecified atom stereocenters. The number of aryl methyl sites for hydroxylation is 3. The van der Waals surface area contributed by atoms with Gasteiger partial charge in [0.1, 0.15) is 5.82 Å². The van der Waals surface area contributed by atoms with E-state index in [1.54, 1.807) is 0 Å². The zero-order valence-electron chi connectivity index (χ0n) is 17.7. The van der Waals surface area contributed by atoms with Crippen molar-refractivity contribution in [3.8, 4) is 0 Å². The molecule has 0 spiro atoms. The predicted molar refractivity (Wildman–Crippen MR) is 115 cm³/mol. The lowest BCUT2D eigenvalue weighted by Crippen LogP contribution is -2.30. The minimum Gasteiger partial charge on any atom is -0.349 e. The number of carbonyl (C=O) groups is 1. The highest BCUT2D eigenvalue weighted by molar-refractivity contribution is 5.79. The van der Waals surface area contributed by atoms with Crippen LogP contribution in [0.5, 0.6) is 0 Å². The molecule has 0 aliphatic rings. The highest BCUT2D eigenvalue weighted by Crippen LogP contribution is 2.22. The molecule has 1 N–H and O–H groups in total. The summed E-state index contributed by atoms with van der Waals surface area (Å²) < 4.78 is 2.24. The average molecular weight is 378 g/mol. The minimum absolute atomic E-state index is 0.0689. The molecule has 4 nitrogen and oxygen atoms in total. The van der Waals surface area contributed by atoms with Crippen LogP contribution in [0.3, 0.4) is 0 Å². The molecule has 3 rings (SSSR count). The largest absolute Gasteiger partial charge is 0.349 e.